The topological polar surface area (TPSA) is 24.9 Å². The van der Waals surface area contributed by atoms with Gasteiger partial charge in [0.1, 0.15) is 5.03 Å². The molecule has 1 aromatic heterocycles. The predicted molar refractivity (Wildman–Crippen MR) is 63.9 cm³/mol. The zero-order valence-electron chi connectivity index (χ0n) is 9.68. The monoisotopic (exact) mass is 246 g/mol. The molecule has 1 heterocycles. The number of aromatic nitrogens is 1. The number of thioether (sulfide) groups is 1. The molecule has 0 fully saturated rings. The summed E-state index contributed by atoms with van der Waals surface area (Å²) in [6.07, 6.45) is 0. The Morgan fingerprint density at radius 2 is 2.06 bits per heavy atom. The van der Waals surface area contributed by atoms with E-state index >= 15 is 0 Å². The van der Waals surface area contributed by atoms with Crippen molar-refractivity contribution >= 4 is 17.6 Å². The first-order chi connectivity index (χ1) is 7.54. The summed E-state index contributed by atoms with van der Waals surface area (Å²) in [5.74, 6) is 0.0910. The number of halogens is 2. The average molecular weight is 246 g/mol. The van der Waals surface area contributed by atoms with Crippen LogP contribution < -0.4 is 5.32 Å². The molecule has 0 aromatic carbocycles. The maximum Gasteiger partial charge on any atom is 0.168 e. The van der Waals surface area contributed by atoms with Crippen LogP contribution in [0.3, 0.4) is 0 Å². The van der Waals surface area contributed by atoms with Gasteiger partial charge < -0.3 is 5.32 Å². The molecular weight excluding hydrogens is 230 g/mol. The van der Waals surface area contributed by atoms with E-state index in [1.54, 1.807) is 0 Å². The van der Waals surface area contributed by atoms with Crippen molar-refractivity contribution in [3.63, 3.8) is 0 Å². The summed E-state index contributed by atoms with van der Waals surface area (Å²) in [5, 5.41) is 3.02. The Labute approximate surface area is 98.8 Å². The van der Waals surface area contributed by atoms with Crippen LogP contribution in [-0.4, -0.2) is 17.3 Å². The van der Waals surface area contributed by atoms with Crippen LogP contribution in [-0.2, 0) is 0 Å². The Bertz CT molecular complexity index is 356. The summed E-state index contributed by atoms with van der Waals surface area (Å²) in [6, 6.07) is 0.883. The van der Waals surface area contributed by atoms with Gasteiger partial charge in [0.15, 0.2) is 17.5 Å². The van der Waals surface area contributed by atoms with E-state index in [2.05, 4.69) is 10.3 Å². The van der Waals surface area contributed by atoms with Crippen LogP contribution in [0.4, 0.5) is 14.6 Å². The van der Waals surface area contributed by atoms with Crippen molar-refractivity contribution in [1.82, 2.24) is 4.98 Å². The zero-order chi connectivity index (χ0) is 12.1. The number of hydrogen-bond acceptors (Lipinski definition) is 3. The molecule has 2 nitrogen and oxygen atoms in total. The lowest BCUT2D eigenvalue weighted by atomic mass is 10.3. The van der Waals surface area contributed by atoms with Crippen LogP contribution in [0.25, 0.3) is 0 Å². The Morgan fingerprint density at radius 3 is 2.62 bits per heavy atom. The molecule has 0 amide bonds. The lowest BCUT2D eigenvalue weighted by molar-refractivity contribution is 0.551. The van der Waals surface area contributed by atoms with Gasteiger partial charge in [0.05, 0.1) is 0 Å². The fraction of sp³-hybridized carbons (Fsp3) is 0.545. The van der Waals surface area contributed by atoms with E-state index < -0.39 is 11.6 Å². The van der Waals surface area contributed by atoms with Crippen molar-refractivity contribution in [2.75, 3.05) is 17.6 Å². The van der Waals surface area contributed by atoms with Crippen LogP contribution in [0.2, 0.25) is 0 Å². The van der Waals surface area contributed by atoms with Crippen molar-refractivity contribution in [3.8, 4) is 0 Å². The molecule has 16 heavy (non-hydrogen) atoms. The molecule has 0 radical (unpaired) electrons. The summed E-state index contributed by atoms with van der Waals surface area (Å²) < 4.78 is 26.6. The molecule has 0 spiro atoms. The molecule has 90 valence electrons. The Kier molecular flexibility index (Phi) is 4.99. The van der Waals surface area contributed by atoms with Crippen molar-refractivity contribution < 1.29 is 8.78 Å². The van der Waals surface area contributed by atoms with E-state index in [1.165, 1.54) is 11.8 Å². The van der Waals surface area contributed by atoms with Gasteiger partial charge in [0.25, 0.3) is 0 Å². The number of nitrogens with zero attached hydrogens (tertiary/aromatic N) is 1. The molecule has 0 atom stereocenters. The second-order valence-electron chi connectivity index (χ2n) is 3.84. The molecule has 0 unspecified atom stereocenters. The molecule has 1 N–H and O–H groups in total. The van der Waals surface area contributed by atoms with Gasteiger partial charge in [-0.1, -0.05) is 13.8 Å². The van der Waals surface area contributed by atoms with Crippen molar-refractivity contribution in [3.05, 3.63) is 17.7 Å². The van der Waals surface area contributed by atoms with Gasteiger partial charge in [-0.2, -0.15) is 0 Å². The second-order valence-corrected chi connectivity index (χ2v) is 4.85. The van der Waals surface area contributed by atoms with Gasteiger partial charge in [-0.25, -0.2) is 13.8 Å². The smallest absolute Gasteiger partial charge is 0.168 e. The summed E-state index contributed by atoms with van der Waals surface area (Å²) in [6.45, 7) is 6.48. The normalized spacial score (nSPS) is 10.9. The first-order valence-corrected chi connectivity index (χ1v) is 6.25. The third kappa shape index (κ3) is 3.63. The second kappa shape index (κ2) is 6.03. The summed E-state index contributed by atoms with van der Waals surface area (Å²) >= 11 is 1.31. The van der Waals surface area contributed by atoms with E-state index in [0.717, 1.165) is 11.8 Å². The lowest BCUT2D eigenvalue weighted by Gasteiger charge is -2.09. The van der Waals surface area contributed by atoms with Crippen LogP contribution in [0.5, 0.6) is 0 Å². The first kappa shape index (κ1) is 13.2. The number of nitrogens with one attached hydrogen (secondary N) is 1. The molecule has 1 rings (SSSR count). The molecule has 5 heteroatoms. The highest BCUT2D eigenvalue weighted by molar-refractivity contribution is 7.99. The van der Waals surface area contributed by atoms with Gasteiger partial charge in [-0.3, -0.25) is 0 Å². The van der Waals surface area contributed by atoms with Gasteiger partial charge in [0.2, 0.25) is 0 Å². The summed E-state index contributed by atoms with van der Waals surface area (Å²) in [5.41, 5.74) is 0. The minimum atomic E-state index is -0.645. The SMILES string of the molecule is CCNc1nc(SCC(C)C)c(F)cc1F. The van der Waals surface area contributed by atoms with Crippen LogP contribution in [0, 0.1) is 17.6 Å². The highest BCUT2D eigenvalue weighted by Crippen LogP contribution is 2.25. The van der Waals surface area contributed by atoms with Gasteiger partial charge >= 0.3 is 0 Å². The minimum Gasteiger partial charge on any atom is -0.368 e. The average Bonchev–Trinajstić information content (AvgIpc) is 2.20. The van der Waals surface area contributed by atoms with Gasteiger partial charge in [0, 0.05) is 18.4 Å². The number of hydrogen-bond donors (Lipinski definition) is 1. The molecule has 0 aliphatic rings. The van der Waals surface area contributed by atoms with Crippen LogP contribution >= 0.6 is 11.8 Å². The van der Waals surface area contributed by atoms with E-state index in [-0.39, 0.29) is 10.8 Å². The van der Waals surface area contributed by atoms with Crippen molar-refractivity contribution in [2.24, 2.45) is 5.92 Å². The Hall–Kier alpha value is -0.840. The highest BCUT2D eigenvalue weighted by atomic mass is 32.2. The quantitative estimate of drug-likeness (QED) is 0.804. The predicted octanol–water partition coefficient (Wildman–Crippen LogP) is 3.54. The minimum absolute atomic E-state index is 0.121. The third-order valence-corrected chi connectivity index (χ3v) is 3.19. The third-order valence-electron chi connectivity index (χ3n) is 1.79. The van der Waals surface area contributed by atoms with Crippen molar-refractivity contribution in [2.45, 2.75) is 25.8 Å². The maximum atomic E-state index is 13.4. The standard InChI is InChI=1S/C11H16F2N2S/c1-4-14-10-8(12)5-9(13)11(15-10)16-6-7(2)3/h5,7H,4,6H2,1-3H3,(H,14,15). The fourth-order valence-corrected chi connectivity index (χ4v) is 1.93. The number of rotatable bonds is 5. The van der Waals surface area contributed by atoms with Crippen molar-refractivity contribution in [1.29, 1.82) is 0 Å². The molecule has 0 bridgehead atoms. The van der Waals surface area contributed by atoms with Crippen LogP contribution in [0.1, 0.15) is 20.8 Å². The molecule has 0 saturated carbocycles. The number of anilines is 1. The zero-order valence-corrected chi connectivity index (χ0v) is 10.5. The molecule has 0 aliphatic carbocycles. The van der Waals surface area contributed by atoms with E-state index in [9.17, 15) is 8.78 Å². The molecule has 1 aromatic rings. The van der Waals surface area contributed by atoms with E-state index in [1.807, 2.05) is 20.8 Å². The largest absolute Gasteiger partial charge is 0.368 e. The lowest BCUT2D eigenvalue weighted by Crippen LogP contribution is -2.05. The summed E-state index contributed by atoms with van der Waals surface area (Å²) in [4.78, 5) is 3.94. The van der Waals surface area contributed by atoms with E-state index in [4.69, 9.17) is 0 Å². The number of pyridine rings is 1. The molecular formula is C11H16F2N2S. The fourth-order valence-electron chi connectivity index (χ4n) is 1.09. The molecule has 0 aliphatic heterocycles. The van der Waals surface area contributed by atoms with Gasteiger partial charge in [-0.15, -0.1) is 11.8 Å². The maximum absolute atomic E-state index is 13.4. The van der Waals surface area contributed by atoms with Gasteiger partial charge in [-0.05, 0) is 12.8 Å². The molecule has 0 saturated heterocycles. The summed E-state index contributed by atoms with van der Waals surface area (Å²) in [7, 11) is 0. The first-order valence-electron chi connectivity index (χ1n) is 5.27. The Morgan fingerprint density at radius 1 is 1.38 bits per heavy atom. The Balaban J connectivity index is 2.86. The highest BCUT2D eigenvalue weighted by Gasteiger charge is 2.12. The van der Waals surface area contributed by atoms with Crippen LogP contribution in [0.15, 0.2) is 11.1 Å². The van der Waals surface area contributed by atoms with E-state index in [0.29, 0.717) is 12.5 Å².